The minimum Gasteiger partial charge on any atom is -0.377 e. The zero-order valence-corrected chi connectivity index (χ0v) is 20.7. The van der Waals surface area contributed by atoms with Gasteiger partial charge in [-0.3, -0.25) is 4.79 Å². The van der Waals surface area contributed by atoms with E-state index in [1.807, 2.05) is 39.8 Å². The highest BCUT2D eigenvalue weighted by molar-refractivity contribution is 5.88. The summed E-state index contributed by atoms with van der Waals surface area (Å²) >= 11 is 0. The van der Waals surface area contributed by atoms with Gasteiger partial charge in [0.05, 0.1) is 17.7 Å². The number of hydrogen-bond donors (Lipinski definition) is 1. The normalized spacial score (nSPS) is 14.1. The lowest BCUT2D eigenvalue weighted by atomic mass is 10.1. The number of unbranched alkanes of at least 4 members (excludes halogenated alkanes) is 4. The zero-order valence-electron chi connectivity index (χ0n) is 20.7. The van der Waals surface area contributed by atoms with Crippen molar-refractivity contribution in [2.45, 2.75) is 84.8 Å². The van der Waals surface area contributed by atoms with E-state index in [-0.39, 0.29) is 36.8 Å². The second-order valence-electron chi connectivity index (χ2n) is 9.00. The Kier molecular flexibility index (Phi) is 12.6. The molecule has 198 valence electrons. The molecule has 1 amide bonds. The molecule has 0 saturated heterocycles. The van der Waals surface area contributed by atoms with Gasteiger partial charge in [0.25, 0.3) is 0 Å². The van der Waals surface area contributed by atoms with Gasteiger partial charge in [-0.1, -0.05) is 38.8 Å². The van der Waals surface area contributed by atoms with E-state index in [9.17, 15) is 31.1 Å². The summed E-state index contributed by atoms with van der Waals surface area (Å²) < 4.78 is 82.6. The third kappa shape index (κ3) is 12.8. The van der Waals surface area contributed by atoms with Gasteiger partial charge >= 0.3 is 12.4 Å². The van der Waals surface area contributed by atoms with Gasteiger partial charge in [-0.05, 0) is 68.4 Å². The maximum atomic E-state index is 12.9. The Bertz CT molecular complexity index is 824. The first-order chi connectivity index (χ1) is 16.2. The van der Waals surface area contributed by atoms with Crippen LogP contribution in [0.1, 0.15) is 76.5 Å². The second kappa shape index (κ2) is 14.3. The number of rotatable bonds is 13. The Balaban J connectivity index is 2.31. The van der Waals surface area contributed by atoms with Crippen molar-refractivity contribution in [1.82, 2.24) is 5.32 Å². The van der Waals surface area contributed by atoms with Gasteiger partial charge < -0.3 is 10.1 Å². The van der Waals surface area contributed by atoms with Gasteiger partial charge in [0, 0.05) is 18.7 Å². The van der Waals surface area contributed by atoms with Crippen LogP contribution in [-0.4, -0.2) is 18.6 Å². The Morgan fingerprint density at radius 1 is 0.943 bits per heavy atom. The van der Waals surface area contributed by atoms with Gasteiger partial charge in [-0.2, -0.15) is 26.3 Å². The summed E-state index contributed by atoms with van der Waals surface area (Å²) in [5.41, 5.74) is -1.98. The summed E-state index contributed by atoms with van der Waals surface area (Å²) in [6.45, 7) is 7.83. The lowest BCUT2D eigenvalue weighted by Gasteiger charge is -2.16. The molecule has 1 aromatic carbocycles. The molecule has 0 fully saturated rings. The number of alkyl halides is 6. The molecule has 0 spiro atoms. The Hall–Kier alpha value is -2.29. The number of carbonyl (C=O) groups is 1. The van der Waals surface area contributed by atoms with Crippen molar-refractivity contribution >= 4 is 5.91 Å². The molecule has 0 radical (unpaired) electrons. The average Bonchev–Trinajstić information content (AvgIpc) is 2.73. The summed E-state index contributed by atoms with van der Waals surface area (Å²) in [4.78, 5) is 11.9. The van der Waals surface area contributed by atoms with Crippen molar-refractivity contribution in [3.63, 3.8) is 0 Å². The smallest absolute Gasteiger partial charge is 0.377 e. The number of allylic oxidation sites excluding steroid dienone is 3. The minimum absolute atomic E-state index is 0.0990. The lowest BCUT2D eigenvalue weighted by Crippen LogP contribution is -2.35. The summed E-state index contributed by atoms with van der Waals surface area (Å²) in [5, 5.41) is 2.91. The standard InChI is InChI=1S/C26H35F6NO2/c1-18(2)20(4)33-24(34)13-19(3)11-9-7-5-6-8-10-12-35-17-21-14-22(25(27,28)29)16-23(15-21)26(30,31)32/h9,11,13-16,18,20H,5-8,10,12,17H2,1-4H3,(H,33,34). The molecule has 0 aromatic heterocycles. The first-order valence-electron chi connectivity index (χ1n) is 11.7. The maximum absolute atomic E-state index is 12.9. The van der Waals surface area contributed by atoms with Crippen molar-refractivity contribution in [2.75, 3.05) is 6.61 Å². The van der Waals surface area contributed by atoms with Gasteiger partial charge in [0.1, 0.15) is 0 Å². The molecule has 1 unspecified atom stereocenters. The number of halogens is 6. The fraction of sp³-hybridized carbons (Fsp3) is 0.577. The minimum atomic E-state index is -4.86. The molecular formula is C26H35F6NO2. The Morgan fingerprint density at radius 2 is 1.51 bits per heavy atom. The number of benzene rings is 1. The van der Waals surface area contributed by atoms with E-state index >= 15 is 0 Å². The van der Waals surface area contributed by atoms with E-state index in [1.54, 1.807) is 6.08 Å². The van der Waals surface area contributed by atoms with E-state index in [0.29, 0.717) is 24.5 Å². The Morgan fingerprint density at radius 3 is 2.06 bits per heavy atom. The molecule has 1 aromatic rings. The van der Waals surface area contributed by atoms with E-state index in [2.05, 4.69) is 5.32 Å². The lowest BCUT2D eigenvalue weighted by molar-refractivity contribution is -0.143. The molecule has 1 N–H and O–H groups in total. The van der Waals surface area contributed by atoms with E-state index in [1.165, 1.54) is 0 Å². The number of amides is 1. The quantitative estimate of drug-likeness (QED) is 0.128. The summed E-state index contributed by atoms with van der Waals surface area (Å²) in [6, 6.07) is 1.58. The fourth-order valence-electron chi connectivity index (χ4n) is 3.07. The highest BCUT2D eigenvalue weighted by atomic mass is 19.4. The number of hydrogen-bond acceptors (Lipinski definition) is 2. The van der Waals surface area contributed by atoms with Crippen LogP contribution in [0.15, 0.2) is 42.0 Å². The molecule has 3 nitrogen and oxygen atoms in total. The number of carbonyl (C=O) groups excluding carboxylic acids is 1. The van der Waals surface area contributed by atoms with Crippen LogP contribution in [0.3, 0.4) is 0 Å². The van der Waals surface area contributed by atoms with Crippen molar-refractivity contribution in [3.05, 3.63) is 58.7 Å². The number of ether oxygens (including phenoxy) is 1. The van der Waals surface area contributed by atoms with Crippen LogP contribution in [0.4, 0.5) is 26.3 Å². The second-order valence-corrected chi connectivity index (χ2v) is 9.00. The van der Waals surface area contributed by atoms with Gasteiger partial charge in [-0.25, -0.2) is 0 Å². The average molecular weight is 508 g/mol. The maximum Gasteiger partial charge on any atom is 0.416 e. The highest BCUT2D eigenvalue weighted by Gasteiger charge is 2.36. The predicted octanol–water partition coefficient (Wildman–Crippen LogP) is 7.85. The summed E-state index contributed by atoms with van der Waals surface area (Å²) in [6.07, 6.45) is -0.130. The molecule has 0 aliphatic carbocycles. The third-order valence-electron chi connectivity index (χ3n) is 5.44. The molecule has 9 heteroatoms. The van der Waals surface area contributed by atoms with Crippen LogP contribution < -0.4 is 5.32 Å². The van der Waals surface area contributed by atoms with Crippen molar-refractivity contribution in [1.29, 1.82) is 0 Å². The first-order valence-corrected chi connectivity index (χ1v) is 11.7. The summed E-state index contributed by atoms with van der Waals surface area (Å²) in [7, 11) is 0. The Labute approximate surface area is 203 Å². The predicted molar refractivity (Wildman–Crippen MR) is 125 cm³/mol. The van der Waals surface area contributed by atoms with Gasteiger partial charge in [0.2, 0.25) is 5.91 Å². The van der Waals surface area contributed by atoms with Crippen LogP contribution in [-0.2, 0) is 28.5 Å². The van der Waals surface area contributed by atoms with Crippen LogP contribution in [0.25, 0.3) is 0 Å². The first kappa shape index (κ1) is 30.7. The van der Waals surface area contributed by atoms with Crippen LogP contribution in [0, 0.1) is 5.92 Å². The molecule has 0 aliphatic heterocycles. The fourth-order valence-corrected chi connectivity index (χ4v) is 3.07. The topological polar surface area (TPSA) is 38.3 Å². The van der Waals surface area contributed by atoms with Crippen molar-refractivity contribution < 1.29 is 35.9 Å². The molecule has 0 aliphatic rings. The molecular weight excluding hydrogens is 472 g/mol. The third-order valence-corrected chi connectivity index (χ3v) is 5.44. The van der Waals surface area contributed by atoms with Crippen molar-refractivity contribution in [3.8, 4) is 0 Å². The molecule has 1 atom stereocenters. The molecule has 0 saturated carbocycles. The monoisotopic (exact) mass is 507 g/mol. The zero-order chi connectivity index (χ0) is 26.6. The van der Waals surface area contributed by atoms with Crippen LogP contribution in [0.2, 0.25) is 0 Å². The SMILES string of the molecule is CC(C=CCCCCCCOCc1cc(C(F)(F)F)cc(C(F)(F)F)c1)=CC(=O)NC(C)C(C)C. The summed E-state index contributed by atoms with van der Waals surface area (Å²) in [5.74, 6) is 0.240. The molecule has 0 heterocycles. The largest absolute Gasteiger partial charge is 0.416 e. The van der Waals surface area contributed by atoms with Gasteiger partial charge in [-0.15, -0.1) is 0 Å². The molecule has 35 heavy (non-hydrogen) atoms. The van der Waals surface area contributed by atoms with Crippen molar-refractivity contribution in [2.24, 2.45) is 5.92 Å². The van der Waals surface area contributed by atoms with Crippen LogP contribution >= 0.6 is 0 Å². The van der Waals surface area contributed by atoms with E-state index in [4.69, 9.17) is 4.74 Å². The van der Waals surface area contributed by atoms with E-state index in [0.717, 1.165) is 31.3 Å². The number of nitrogens with one attached hydrogen (secondary N) is 1. The van der Waals surface area contributed by atoms with Crippen LogP contribution in [0.5, 0.6) is 0 Å². The highest BCUT2D eigenvalue weighted by Crippen LogP contribution is 2.36. The van der Waals surface area contributed by atoms with E-state index < -0.39 is 23.5 Å². The molecule has 1 rings (SSSR count). The van der Waals surface area contributed by atoms with Gasteiger partial charge in [0.15, 0.2) is 0 Å². The molecule has 0 bridgehead atoms.